The molecule has 2 N–H and O–H groups in total. The van der Waals surface area contributed by atoms with Crippen LogP contribution in [0.15, 0.2) is 12.1 Å². The largest absolute Gasteiger partial charge is 0.502 e. The number of phenols is 1. The van der Waals surface area contributed by atoms with E-state index in [1.165, 1.54) is 46.3 Å². The fraction of sp³-hybridized carbons (Fsp3) is 0.667. The van der Waals surface area contributed by atoms with E-state index in [2.05, 4.69) is 10.2 Å². The maximum atomic E-state index is 12.7. The van der Waals surface area contributed by atoms with Gasteiger partial charge in [0.25, 0.3) is 0 Å². The number of nitrogens with one attached hydrogen (secondary N) is 1. The molecule has 0 unspecified atom stereocenters. The molecule has 1 atom stereocenters. The van der Waals surface area contributed by atoms with Gasteiger partial charge in [0, 0.05) is 13.1 Å². The van der Waals surface area contributed by atoms with Gasteiger partial charge in [-0.1, -0.05) is 19.3 Å². The van der Waals surface area contributed by atoms with Crippen molar-refractivity contribution in [3.63, 3.8) is 0 Å². The average Bonchev–Trinajstić information content (AvgIpc) is 3.16. The van der Waals surface area contributed by atoms with E-state index in [4.69, 9.17) is 9.47 Å². The van der Waals surface area contributed by atoms with Crippen molar-refractivity contribution in [1.82, 2.24) is 10.2 Å². The summed E-state index contributed by atoms with van der Waals surface area (Å²) < 4.78 is 10.5. The first-order valence-corrected chi connectivity index (χ1v) is 10.1. The molecule has 2 fully saturated rings. The molecule has 3 rings (SSSR count). The molecule has 6 nitrogen and oxygen atoms in total. The molecule has 1 aromatic rings. The van der Waals surface area contributed by atoms with Gasteiger partial charge < -0.3 is 19.9 Å². The summed E-state index contributed by atoms with van der Waals surface area (Å²) in [7, 11) is 3.05. The third-order valence-corrected chi connectivity index (χ3v) is 5.88. The maximum Gasteiger partial charge on any atom is 0.237 e. The number of hydrogen-bond donors (Lipinski definition) is 2. The van der Waals surface area contributed by atoms with Gasteiger partial charge in [0.1, 0.15) is 0 Å². The lowest BCUT2D eigenvalue weighted by Crippen LogP contribution is -2.44. The second-order valence-corrected chi connectivity index (χ2v) is 7.73. The Hall–Kier alpha value is -1.95. The van der Waals surface area contributed by atoms with E-state index < -0.39 is 0 Å². The van der Waals surface area contributed by atoms with Crippen molar-refractivity contribution in [2.75, 3.05) is 27.3 Å². The normalized spacial score (nSPS) is 21.2. The zero-order valence-electron chi connectivity index (χ0n) is 16.5. The smallest absolute Gasteiger partial charge is 0.237 e. The fourth-order valence-corrected chi connectivity index (χ4v) is 4.34. The first kappa shape index (κ1) is 19.8. The van der Waals surface area contributed by atoms with Crippen LogP contribution in [0.5, 0.6) is 17.2 Å². The van der Waals surface area contributed by atoms with Gasteiger partial charge in [-0.15, -0.1) is 0 Å². The van der Waals surface area contributed by atoms with Gasteiger partial charge in [-0.3, -0.25) is 9.69 Å². The lowest BCUT2D eigenvalue weighted by molar-refractivity contribution is -0.125. The molecule has 2 aliphatic rings. The van der Waals surface area contributed by atoms with Crippen molar-refractivity contribution in [2.45, 2.75) is 57.5 Å². The Labute approximate surface area is 161 Å². The Bertz CT molecular complexity index is 618. The Kier molecular flexibility index (Phi) is 6.83. The minimum absolute atomic E-state index is 0.00643. The number of rotatable bonds is 7. The van der Waals surface area contributed by atoms with Crippen molar-refractivity contribution >= 4 is 5.91 Å². The topological polar surface area (TPSA) is 71.0 Å². The van der Waals surface area contributed by atoms with E-state index in [-0.39, 0.29) is 17.7 Å². The number of ether oxygens (including phenoxy) is 2. The van der Waals surface area contributed by atoms with E-state index >= 15 is 0 Å². The van der Waals surface area contributed by atoms with Crippen LogP contribution in [0.25, 0.3) is 0 Å². The third-order valence-electron chi connectivity index (χ3n) is 5.88. The highest BCUT2D eigenvalue weighted by atomic mass is 16.5. The van der Waals surface area contributed by atoms with Crippen LogP contribution >= 0.6 is 0 Å². The van der Waals surface area contributed by atoms with Gasteiger partial charge in [-0.2, -0.15) is 0 Å². The molecule has 6 heteroatoms. The van der Waals surface area contributed by atoms with Gasteiger partial charge in [-0.05, 0) is 55.8 Å². The van der Waals surface area contributed by atoms with Crippen LogP contribution in [0.3, 0.4) is 0 Å². The highest BCUT2D eigenvalue weighted by Crippen LogP contribution is 2.37. The summed E-state index contributed by atoms with van der Waals surface area (Å²) in [6.07, 6.45) is 8.31. The highest BCUT2D eigenvalue weighted by molar-refractivity contribution is 5.82. The molecule has 150 valence electrons. The minimum atomic E-state index is -0.0839. The van der Waals surface area contributed by atoms with Crippen LogP contribution in [0, 0.1) is 5.92 Å². The van der Waals surface area contributed by atoms with Crippen molar-refractivity contribution in [2.24, 2.45) is 5.92 Å². The van der Waals surface area contributed by atoms with Gasteiger partial charge in [0.2, 0.25) is 11.7 Å². The van der Waals surface area contributed by atoms with Crippen LogP contribution < -0.4 is 14.8 Å². The van der Waals surface area contributed by atoms with Gasteiger partial charge in [0.05, 0.1) is 20.3 Å². The molecule has 1 aromatic carbocycles. The zero-order chi connectivity index (χ0) is 19.2. The second-order valence-electron chi connectivity index (χ2n) is 7.73. The van der Waals surface area contributed by atoms with Crippen molar-refractivity contribution in [3.8, 4) is 17.2 Å². The molecule has 1 heterocycles. The van der Waals surface area contributed by atoms with E-state index in [0.717, 1.165) is 31.5 Å². The fourth-order valence-electron chi connectivity index (χ4n) is 4.34. The molecule has 0 spiro atoms. The van der Waals surface area contributed by atoms with E-state index in [1.54, 1.807) is 0 Å². The zero-order valence-corrected chi connectivity index (χ0v) is 16.5. The van der Waals surface area contributed by atoms with Gasteiger partial charge in [0.15, 0.2) is 11.5 Å². The number of likely N-dealkylation sites (tertiary alicyclic amines) is 1. The van der Waals surface area contributed by atoms with Crippen LogP contribution in [0.1, 0.15) is 50.5 Å². The summed E-state index contributed by atoms with van der Waals surface area (Å²) >= 11 is 0. The average molecular weight is 376 g/mol. The van der Waals surface area contributed by atoms with Crippen LogP contribution in [-0.4, -0.2) is 49.3 Å². The third kappa shape index (κ3) is 4.86. The molecule has 27 heavy (non-hydrogen) atoms. The predicted molar refractivity (Wildman–Crippen MR) is 104 cm³/mol. The molecule has 1 saturated heterocycles. The summed E-state index contributed by atoms with van der Waals surface area (Å²) in [6.45, 7) is 2.34. The molecular weight excluding hydrogens is 344 g/mol. The molecule has 0 aromatic heterocycles. The van der Waals surface area contributed by atoms with Gasteiger partial charge >= 0.3 is 0 Å². The van der Waals surface area contributed by atoms with Crippen molar-refractivity contribution < 1.29 is 19.4 Å². The molecule has 1 aliphatic carbocycles. The summed E-state index contributed by atoms with van der Waals surface area (Å²) in [5.74, 6) is 1.58. The summed E-state index contributed by atoms with van der Waals surface area (Å²) in [5, 5.41) is 13.3. The number of benzene rings is 1. The van der Waals surface area contributed by atoms with E-state index in [1.807, 2.05) is 12.1 Å². The quantitative estimate of drug-likeness (QED) is 0.765. The lowest BCUT2D eigenvalue weighted by Gasteiger charge is -2.26. The Morgan fingerprint density at radius 3 is 2.41 bits per heavy atom. The van der Waals surface area contributed by atoms with E-state index in [9.17, 15) is 9.90 Å². The highest BCUT2D eigenvalue weighted by Gasteiger charge is 2.31. The van der Waals surface area contributed by atoms with Crippen molar-refractivity contribution in [1.29, 1.82) is 0 Å². The number of carbonyl (C=O) groups excluding carboxylic acids is 1. The molecule has 0 bridgehead atoms. The molecule has 1 saturated carbocycles. The number of hydrogen-bond acceptors (Lipinski definition) is 5. The number of amides is 1. The molecular formula is C21H32N2O4. The Balaban J connectivity index is 1.61. The second kappa shape index (κ2) is 9.31. The summed E-state index contributed by atoms with van der Waals surface area (Å²) in [6, 6.07) is 3.54. The summed E-state index contributed by atoms with van der Waals surface area (Å²) in [4.78, 5) is 15.0. The van der Waals surface area contributed by atoms with Crippen molar-refractivity contribution in [3.05, 3.63) is 17.7 Å². The predicted octanol–water partition coefficient (Wildman–Crippen LogP) is 3.07. The monoisotopic (exact) mass is 376 g/mol. The SMILES string of the molecule is COc1cc(CN2CCC[C@@H]2C(=O)NCC2CCCCC2)cc(OC)c1O. The Morgan fingerprint density at radius 1 is 1.11 bits per heavy atom. The number of phenolic OH excluding ortho intramolecular Hbond substituents is 1. The van der Waals surface area contributed by atoms with Crippen LogP contribution in [0.4, 0.5) is 0 Å². The Morgan fingerprint density at radius 2 is 1.78 bits per heavy atom. The minimum Gasteiger partial charge on any atom is -0.502 e. The molecule has 0 radical (unpaired) electrons. The number of nitrogens with zero attached hydrogens (tertiary/aromatic N) is 1. The van der Waals surface area contributed by atoms with Crippen LogP contribution in [0.2, 0.25) is 0 Å². The maximum absolute atomic E-state index is 12.7. The molecule has 1 aliphatic heterocycles. The number of methoxy groups -OCH3 is 2. The van der Waals surface area contributed by atoms with E-state index in [0.29, 0.717) is 24.0 Å². The molecule has 1 amide bonds. The summed E-state index contributed by atoms with van der Waals surface area (Å²) in [5.41, 5.74) is 0.966. The van der Waals surface area contributed by atoms with Crippen LogP contribution in [-0.2, 0) is 11.3 Å². The lowest BCUT2D eigenvalue weighted by atomic mass is 9.89. The standard InChI is InChI=1S/C21H32N2O4/c1-26-18-11-16(12-19(27-2)20(18)24)14-23-10-6-9-17(23)21(25)22-13-15-7-4-3-5-8-15/h11-12,15,17,24H,3-10,13-14H2,1-2H3,(H,22,25)/t17-/m1/s1. The number of aromatic hydroxyl groups is 1. The van der Waals surface area contributed by atoms with Gasteiger partial charge in [-0.25, -0.2) is 0 Å². The first-order valence-electron chi connectivity index (χ1n) is 10.1. The first-order chi connectivity index (χ1) is 13.1. The number of carbonyl (C=O) groups is 1.